The smallest absolute Gasteiger partial charge is 0.331 e. The summed E-state index contributed by atoms with van der Waals surface area (Å²) in [6.45, 7) is 3.66. The van der Waals surface area contributed by atoms with Gasteiger partial charge in [0.05, 0.1) is 5.69 Å². The van der Waals surface area contributed by atoms with Gasteiger partial charge in [0.1, 0.15) is 18.3 Å². The summed E-state index contributed by atoms with van der Waals surface area (Å²) in [7, 11) is 0. The third-order valence-corrected chi connectivity index (χ3v) is 3.78. The molecule has 2 bridgehead atoms. The topological polar surface area (TPSA) is 82.5 Å². The summed E-state index contributed by atoms with van der Waals surface area (Å²) < 4.78 is 18.9. The molecule has 2 saturated heterocycles. The van der Waals surface area contributed by atoms with Gasteiger partial charge >= 0.3 is 5.69 Å². The molecule has 3 aliphatic rings. The second kappa shape index (κ2) is 3.69. The molecule has 0 radical (unpaired) electrons. The molecule has 1 aromatic rings. The predicted molar refractivity (Wildman–Crippen MR) is 68.1 cm³/mol. The number of nitrogens with zero attached hydrogens (tertiary/aromatic N) is 1. The zero-order valence-electron chi connectivity index (χ0n) is 11.0. The fraction of sp³-hybridized carbons (Fsp3) is 0.538. The van der Waals surface area contributed by atoms with E-state index in [0.29, 0.717) is 5.69 Å². The number of aromatic nitrogens is 2. The molecular formula is C13H14N2O5. The predicted octanol–water partition coefficient (Wildman–Crippen LogP) is -0.0191. The van der Waals surface area contributed by atoms with Crippen LogP contribution in [0.5, 0.6) is 0 Å². The van der Waals surface area contributed by atoms with Gasteiger partial charge in [0.25, 0.3) is 5.56 Å². The van der Waals surface area contributed by atoms with E-state index in [9.17, 15) is 9.59 Å². The van der Waals surface area contributed by atoms with Crippen molar-refractivity contribution < 1.29 is 14.2 Å². The third-order valence-electron chi connectivity index (χ3n) is 3.78. The van der Waals surface area contributed by atoms with Gasteiger partial charge in [-0.25, -0.2) is 4.79 Å². The highest BCUT2D eigenvalue weighted by Crippen LogP contribution is 2.44. The van der Waals surface area contributed by atoms with E-state index in [1.807, 2.05) is 13.8 Å². The van der Waals surface area contributed by atoms with Crippen LogP contribution in [-0.4, -0.2) is 33.7 Å². The van der Waals surface area contributed by atoms with Gasteiger partial charge in [-0.2, -0.15) is 0 Å². The van der Waals surface area contributed by atoms with E-state index in [0.717, 1.165) is 0 Å². The molecule has 0 unspecified atom stereocenters. The molecule has 4 rings (SSSR count). The molecule has 2 fully saturated rings. The molecule has 20 heavy (non-hydrogen) atoms. The second-order valence-corrected chi connectivity index (χ2v) is 5.65. The number of nitrogens with one attached hydrogen (secondary N) is 1. The molecule has 4 atom stereocenters. The maximum atomic E-state index is 12.1. The number of hydrogen-bond acceptors (Lipinski definition) is 5. The molecule has 1 aromatic heterocycles. The minimum atomic E-state index is -0.709. The van der Waals surface area contributed by atoms with Crippen LogP contribution in [0.25, 0.3) is 6.08 Å². The van der Waals surface area contributed by atoms with Crippen molar-refractivity contribution in [1.29, 1.82) is 0 Å². The van der Waals surface area contributed by atoms with Gasteiger partial charge < -0.3 is 14.2 Å². The summed E-state index contributed by atoms with van der Waals surface area (Å²) in [5, 5.41) is 0. The zero-order valence-corrected chi connectivity index (χ0v) is 11.0. The Hall–Kier alpha value is -1.70. The lowest BCUT2D eigenvalue weighted by Gasteiger charge is -2.23. The summed E-state index contributed by atoms with van der Waals surface area (Å²) in [4.78, 5) is 25.7. The summed E-state index contributed by atoms with van der Waals surface area (Å²) in [5.41, 5.74) is -0.418. The van der Waals surface area contributed by atoms with Crippen LogP contribution >= 0.6 is 0 Å². The Morgan fingerprint density at radius 3 is 2.80 bits per heavy atom. The summed E-state index contributed by atoms with van der Waals surface area (Å²) in [6.07, 6.45) is 2.01. The van der Waals surface area contributed by atoms with Gasteiger partial charge in [-0.3, -0.25) is 14.3 Å². The lowest BCUT2D eigenvalue weighted by Crippen LogP contribution is -2.39. The molecule has 7 heteroatoms. The summed E-state index contributed by atoms with van der Waals surface area (Å²) >= 11 is 0. The van der Waals surface area contributed by atoms with Crippen molar-refractivity contribution in [2.24, 2.45) is 0 Å². The first kappa shape index (κ1) is 12.1. The number of ether oxygens (including phenoxy) is 3. The fourth-order valence-corrected chi connectivity index (χ4v) is 3.08. The van der Waals surface area contributed by atoms with Crippen molar-refractivity contribution in [3.05, 3.63) is 38.7 Å². The number of aromatic amines is 1. The maximum absolute atomic E-state index is 12.1. The van der Waals surface area contributed by atoms with Crippen LogP contribution in [-0.2, 0) is 14.2 Å². The molecule has 1 N–H and O–H groups in total. The van der Waals surface area contributed by atoms with E-state index >= 15 is 0 Å². The Bertz CT molecular complexity index is 716. The summed E-state index contributed by atoms with van der Waals surface area (Å²) in [5.74, 6) is -0.709. The minimum Gasteiger partial charge on any atom is -0.345 e. The molecule has 106 valence electrons. The first-order valence-electron chi connectivity index (χ1n) is 6.50. The first-order valence-corrected chi connectivity index (χ1v) is 6.50. The largest absolute Gasteiger partial charge is 0.345 e. The quantitative estimate of drug-likeness (QED) is 0.721. The molecule has 3 aliphatic heterocycles. The molecule has 0 aromatic carbocycles. The average Bonchev–Trinajstić information content (AvgIpc) is 2.72. The molecule has 4 heterocycles. The molecule has 7 nitrogen and oxygen atoms in total. The number of rotatable bonds is 0. The van der Waals surface area contributed by atoms with Gasteiger partial charge in [-0.1, -0.05) is 6.08 Å². The normalized spacial score (nSPS) is 36.5. The Balaban J connectivity index is 1.89. The Labute approximate surface area is 113 Å². The van der Waals surface area contributed by atoms with Gasteiger partial charge in [0.2, 0.25) is 0 Å². The van der Waals surface area contributed by atoms with Crippen molar-refractivity contribution in [3.63, 3.8) is 0 Å². The van der Waals surface area contributed by atoms with Gasteiger partial charge in [0, 0.05) is 6.07 Å². The SMILES string of the molecule is CC1(C)O[C@@H]2[C@H](O1)[C@H]1C=Cc3cc(=O)[nH]c(=O)n3[C@@H]2O1. The standard InChI is InChI=1S/C13H14N2O5/c1-13(2)19-9-7-4-3-6-5-8(16)14-12(17)15(6)11(18-7)10(9)20-13/h3-5,7,9-11H,1-2H3,(H,14,16,17)/t7-,9-,10-,11-/m1/s1. The fourth-order valence-electron chi connectivity index (χ4n) is 3.08. The lowest BCUT2D eigenvalue weighted by molar-refractivity contribution is -0.191. The van der Waals surface area contributed by atoms with Crippen LogP contribution in [0.4, 0.5) is 0 Å². The van der Waals surface area contributed by atoms with E-state index in [4.69, 9.17) is 14.2 Å². The maximum Gasteiger partial charge on any atom is 0.331 e. The van der Waals surface area contributed by atoms with Gasteiger partial charge in [-0.15, -0.1) is 0 Å². The van der Waals surface area contributed by atoms with Crippen LogP contribution in [0.3, 0.4) is 0 Å². The second-order valence-electron chi connectivity index (χ2n) is 5.65. The number of H-pyrrole nitrogens is 1. The molecular weight excluding hydrogens is 264 g/mol. The van der Waals surface area contributed by atoms with Crippen LogP contribution in [0.1, 0.15) is 25.8 Å². The Morgan fingerprint density at radius 1 is 1.25 bits per heavy atom. The molecule has 0 aliphatic carbocycles. The van der Waals surface area contributed by atoms with Crippen molar-refractivity contribution in [2.75, 3.05) is 0 Å². The first-order chi connectivity index (χ1) is 9.44. The van der Waals surface area contributed by atoms with Crippen molar-refractivity contribution in [2.45, 2.75) is 44.2 Å². The van der Waals surface area contributed by atoms with Crippen molar-refractivity contribution in [3.8, 4) is 0 Å². The Kier molecular flexibility index (Phi) is 2.23. The highest BCUT2D eigenvalue weighted by Gasteiger charge is 2.56. The van der Waals surface area contributed by atoms with Crippen LogP contribution < -0.4 is 11.2 Å². The van der Waals surface area contributed by atoms with Gasteiger partial charge in [-0.05, 0) is 19.9 Å². The van der Waals surface area contributed by atoms with Crippen molar-refractivity contribution in [1.82, 2.24) is 9.55 Å². The third kappa shape index (κ3) is 1.57. The van der Waals surface area contributed by atoms with Crippen LogP contribution in [0, 0.1) is 0 Å². The number of hydrogen-bond donors (Lipinski definition) is 1. The van der Waals surface area contributed by atoms with Crippen LogP contribution in [0.15, 0.2) is 21.7 Å². The number of fused-ring (bicyclic) bond motifs is 7. The molecule has 0 spiro atoms. The Morgan fingerprint density at radius 2 is 2.00 bits per heavy atom. The zero-order chi connectivity index (χ0) is 14.1. The van der Waals surface area contributed by atoms with E-state index < -0.39 is 23.3 Å². The average molecular weight is 278 g/mol. The highest BCUT2D eigenvalue weighted by molar-refractivity contribution is 5.47. The van der Waals surface area contributed by atoms with E-state index in [2.05, 4.69) is 4.98 Å². The summed E-state index contributed by atoms with van der Waals surface area (Å²) in [6, 6.07) is 1.37. The van der Waals surface area contributed by atoms with Gasteiger partial charge in [0.15, 0.2) is 12.0 Å². The monoisotopic (exact) mass is 278 g/mol. The van der Waals surface area contributed by atoms with Crippen molar-refractivity contribution >= 4 is 6.08 Å². The molecule has 0 saturated carbocycles. The van der Waals surface area contributed by atoms with Crippen LogP contribution in [0.2, 0.25) is 0 Å². The van der Waals surface area contributed by atoms with E-state index in [-0.39, 0.29) is 18.3 Å². The van der Waals surface area contributed by atoms with E-state index in [1.54, 1.807) is 12.2 Å². The van der Waals surface area contributed by atoms with E-state index in [1.165, 1.54) is 10.6 Å². The minimum absolute atomic E-state index is 0.252. The highest BCUT2D eigenvalue weighted by atomic mass is 16.8. The lowest BCUT2D eigenvalue weighted by atomic mass is 10.1. The molecule has 0 amide bonds.